The lowest BCUT2D eigenvalue weighted by Crippen LogP contribution is -2.62. The molecule has 2 heterocycles. The molecular weight excluding hydrogens is 268 g/mol. The first-order valence-electron chi connectivity index (χ1n) is 7.60. The van der Waals surface area contributed by atoms with Gasteiger partial charge in [0.05, 0.1) is 0 Å². The first kappa shape index (κ1) is 14.4. The summed E-state index contributed by atoms with van der Waals surface area (Å²) >= 11 is 0. The minimum atomic E-state index is -0.219. The van der Waals surface area contributed by atoms with Crippen LogP contribution in [0.1, 0.15) is 18.4 Å². The molecule has 3 rings (SSSR count). The second-order valence-corrected chi connectivity index (χ2v) is 5.70. The van der Waals surface area contributed by atoms with Gasteiger partial charge < -0.3 is 19.7 Å². The molecule has 2 aliphatic heterocycles. The number of hydrogen-bond acceptors (Lipinski definition) is 4. The molecule has 0 atom stereocenters. The Morgan fingerprint density at radius 3 is 2.62 bits per heavy atom. The summed E-state index contributed by atoms with van der Waals surface area (Å²) in [4.78, 5) is 13.6. The van der Waals surface area contributed by atoms with Crippen LogP contribution >= 0.6 is 0 Å². The zero-order valence-electron chi connectivity index (χ0n) is 12.2. The maximum absolute atomic E-state index is 11.9. The number of benzene rings is 1. The van der Waals surface area contributed by atoms with E-state index in [1.807, 2.05) is 30.3 Å². The minimum absolute atomic E-state index is 0.219. The van der Waals surface area contributed by atoms with Crippen LogP contribution < -0.4 is 5.32 Å². The van der Waals surface area contributed by atoms with Crippen LogP contribution in [0.25, 0.3) is 0 Å². The smallest absolute Gasteiger partial charge is 0.410 e. The van der Waals surface area contributed by atoms with E-state index in [9.17, 15) is 4.79 Å². The Balaban J connectivity index is 1.34. The Labute approximate surface area is 125 Å². The number of carbonyl (C=O) groups excluding carboxylic acids is 1. The molecular formula is C16H22N2O3. The fraction of sp³-hybridized carbons (Fsp3) is 0.562. The predicted octanol–water partition coefficient (Wildman–Crippen LogP) is 1.78. The average Bonchev–Trinajstić information content (AvgIpc) is 2.50. The van der Waals surface area contributed by atoms with Gasteiger partial charge in [-0.1, -0.05) is 30.3 Å². The number of likely N-dealkylation sites (tertiary alicyclic amines) is 1. The molecule has 1 aromatic rings. The highest BCUT2D eigenvalue weighted by Gasteiger charge is 2.33. The predicted molar refractivity (Wildman–Crippen MR) is 79.0 cm³/mol. The van der Waals surface area contributed by atoms with Crippen molar-refractivity contribution in [1.82, 2.24) is 10.2 Å². The van der Waals surface area contributed by atoms with Crippen molar-refractivity contribution in [3.05, 3.63) is 35.9 Å². The second-order valence-electron chi connectivity index (χ2n) is 5.70. The molecule has 2 aliphatic rings. The van der Waals surface area contributed by atoms with E-state index in [1.54, 1.807) is 4.90 Å². The zero-order chi connectivity index (χ0) is 14.5. The Morgan fingerprint density at radius 1 is 1.19 bits per heavy atom. The summed E-state index contributed by atoms with van der Waals surface area (Å²) in [6.07, 6.45) is 1.91. The molecule has 21 heavy (non-hydrogen) atoms. The van der Waals surface area contributed by atoms with E-state index in [2.05, 4.69) is 5.32 Å². The van der Waals surface area contributed by atoms with Crippen molar-refractivity contribution < 1.29 is 14.3 Å². The molecule has 2 saturated heterocycles. The Bertz CT molecular complexity index is 454. The van der Waals surface area contributed by atoms with Crippen LogP contribution in [0.2, 0.25) is 0 Å². The standard InChI is InChI=1S/C16H22N2O3/c19-16(21-12-13-4-2-1-3-5-13)18-10-15(11-18)17-14-6-8-20-9-7-14/h1-5,14-15,17H,6-12H2. The van der Waals surface area contributed by atoms with E-state index in [0.717, 1.165) is 44.7 Å². The topological polar surface area (TPSA) is 50.8 Å². The lowest BCUT2D eigenvalue weighted by molar-refractivity contribution is 0.0420. The lowest BCUT2D eigenvalue weighted by Gasteiger charge is -2.41. The third-order valence-corrected chi connectivity index (χ3v) is 4.04. The molecule has 1 aromatic carbocycles. The van der Waals surface area contributed by atoms with Crippen LogP contribution in [0.3, 0.4) is 0 Å². The summed E-state index contributed by atoms with van der Waals surface area (Å²) in [5, 5.41) is 3.58. The molecule has 1 amide bonds. The van der Waals surface area contributed by atoms with E-state index in [4.69, 9.17) is 9.47 Å². The summed E-state index contributed by atoms with van der Waals surface area (Å²) in [5.41, 5.74) is 1.02. The van der Waals surface area contributed by atoms with E-state index in [0.29, 0.717) is 18.7 Å². The van der Waals surface area contributed by atoms with Crippen LogP contribution in [-0.2, 0) is 16.1 Å². The summed E-state index contributed by atoms with van der Waals surface area (Å²) in [6, 6.07) is 10.7. The number of ether oxygens (including phenoxy) is 2. The molecule has 5 heteroatoms. The molecule has 0 bridgehead atoms. The zero-order valence-corrected chi connectivity index (χ0v) is 12.2. The van der Waals surface area contributed by atoms with Gasteiger partial charge in [-0.05, 0) is 18.4 Å². The van der Waals surface area contributed by atoms with Gasteiger partial charge in [0.1, 0.15) is 6.61 Å². The van der Waals surface area contributed by atoms with Crippen LogP contribution in [0, 0.1) is 0 Å². The third kappa shape index (κ3) is 3.95. The molecule has 0 spiro atoms. The van der Waals surface area contributed by atoms with Crippen LogP contribution in [0.4, 0.5) is 4.79 Å². The number of nitrogens with one attached hydrogen (secondary N) is 1. The van der Waals surface area contributed by atoms with Gasteiger partial charge in [0, 0.05) is 38.4 Å². The number of rotatable bonds is 4. The van der Waals surface area contributed by atoms with Crippen LogP contribution in [0.15, 0.2) is 30.3 Å². The number of hydrogen-bond donors (Lipinski definition) is 1. The summed E-state index contributed by atoms with van der Waals surface area (Å²) in [5.74, 6) is 0. The Hall–Kier alpha value is -1.59. The van der Waals surface area contributed by atoms with Crippen LogP contribution in [0.5, 0.6) is 0 Å². The van der Waals surface area contributed by atoms with Crippen molar-refractivity contribution in [2.75, 3.05) is 26.3 Å². The normalized spacial score (nSPS) is 20.1. The maximum atomic E-state index is 11.9. The van der Waals surface area contributed by atoms with Gasteiger partial charge in [0.25, 0.3) is 0 Å². The van der Waals surface area contributed by atoms with Gasteiger partial charge in [-0.3, -0.25) is 0 Å². The molecule has 1 N–H and O–H groups in total. The van der Waals surface area contributed by atoms with E-state index < -0.39 is 0 Å². The fourth-order valence-electron chi connectivity index (χ4n) is 2.74. The molecule has 0 saturated carbocycles. The number of amides is 1. The van der Waals surface area contributed by atoms with Gasteiger partial charge in [-0.15, -0.1) is 0 Å². The minimum Gasteiger partial charge on any atom is -0.445 e. The highest BCUT2D eigenvalue weighted by Crippen LogP contribution is 2.14. The summed E-state index contributed by atoms with van der Waals surface area (Å²) < 4.78 is 10.7. The van der Waals surface area contributed by atoms with Gasteiger partial charge >= 0.3 is 6.09 Å². The van der Waals surface area contributed by atoms with E-state index in [-0.39, 0.29) is 6.09 Å². The number of carbonyl (C=O) groups is 1. The SMILES string of the molecule is O=C(OCc1ccccc1)N1CC(NC2CCOCC2)C1. The first-order valence-corrected chi connectivity index (χ1v) is 7.60. The molecule has 2 fully saturated rings. The molecule has 114 valence electrons. The second kappa shape index (κ2) is 6.91. The van der Waals surface area contributed by atoms with Crippen molar-refractivity contribution >= 4 is 6.09 Å². The highest BCUT2D eigenvalue weighted by atomic mass is 16.6. The van der Waals surface area contributed by atoms with E-state index in [1.165, 1.54) is 0 Å². The quantitative estimate of drug-likeness (QED) is 0.918. The molecule has 0 radical (unpaired) electrons. The van der Waals surface area contributed by atoms with Crippen molar-refractivity contribution in [3.8, 4) is 0 Å². The van der Waals surface area contributed by atoms with Gasteiger partial charge in [0.15, 0.2) is 0 Å². The average molecular weight is 290 g/mol. The molecule has 0 unspecified atom stereocenters. The lowest BCUT2D eigenvalue weighted by atomic mass is 10.0. The van der Waals surface area contributed by atoms with Gasteiger partial charge in [0.2, 0.25) is 0 Å². The van der Waals surface area contributed by atoms with Gasteiger partial charge in [-0.25, -0.2) is 4.79 Å². The number of nitrogens with zero attached hydrogens (tertiary/aromatic N) is 1. The van der Waals surface area contributed by atoms with Crippen molar-refractivity contribution in [2.24, 2.45) is 0 Å². The monoisotopic (exact) mass is 290 g/mol. The van der Waals surface area contributed by atoms with Crippen molar-refractivity contribution in [3.63, 3.8) is 0 Å². The molecule has 0 aliphatic carbocycles. The third-order valence-electron chi connectivity index (χ3n) is 4.04. The van der Waals surface area contributed by atoms with Crippen molar-refractivity contribution in [2.45, 2.75) is 31.5 Å². The maximum Gasteiger partial charge on any atom is 0.410 e. The van der Waals surface area contributed by atoms with Gasteiger partial charge in [-0.2, -0.15) is 0 Å². The largest absolute Gasteiger partial charge is 0.445 e. The van der Waals surface area contributed by atoms with Crippen molar-refractivity contribution in [1.29, 1.82) is 0 Å². The van der Waals surface area contributed by atoms with Crippen LogP contribution in [-0.4, -0.2) is 49.4 Å². The Morgan fingerprint density at radius 2 is 1.90 bits per heavy atom. The Kier molecular flexibility index (Phi) is 4.72. The molecule has 5 nitrogen and oxygen atoms in total. The highest BCUT2D eigenvalue weighted by molar-refractivity contribution is 5.68. The fourth-order valence-corrected chi connectivity index (χ4v) is 2.74. The summed E-state index contributed by atoms with van der Waals surface area (Å²) in [7, 11) is 0. The van der Waals surface area contributed by atoms with E-state index >= 15 is 0 Å². The summed E-state index contributed by atoms with van der Waals surface area (Å²) in [6.45, 7) is 3.50. The molecule has 0 aromatic heterocycles. The first-order chi connectivity index (χ1) is 10.3.